The van der Waals surface area contributed by atoms with Crippen molar-refractivity contribution in [2.24, 2.45) is 0 Å². The van der Waals surface area contributed by atoms with E-state index in [9.17, 15) is 0 Å². The summed E-state index contributed by atoms with van der Waals surface area (Å²) >= 11 is 11.2. The molecule has 0 heterocycles. The van der Waals surface area contributed by atoms with Crippen LogP contribution in [0.1, 0.15) is 30.9 Å². The highest BCUT2D eigenvalue weighted by molar-refractivity contribution is 7.80. The van der Waals surface area contributed by atoms with E-state index in [0.717, 1.165) is 22.7 Å². The van der Waals surface area contributed by atoms with E-state index in [1.807, 2.05) is 24.3 Å². The molecule has 0 radical (unpaired) electrons. The number of nitrogens with one attached hydrogen (secondary N) is 2. The van der Waals surface area contributed by atoms with E-state index in [1.54, 1.807) is 0 Å². The Hall–Kier alpha value is -1.58. The molecule has 4 heteroatoms. The molecule has 0 amide bonds. The Morgan fingerprint density at radius 3 is 2.27 bits per heavy atom. The van der Waals surface area contributed by atoms with Crippen molar-refractivity contribution >= 4 is 34.6 Å². The third-order valence-corrected chi connectivity index (χ3v) is 3.90. The highest BCUT2D eigenvalue weighted by Crippen LogP contribution is 2.12. The molecule has 0 aromatic heterocycles. The Kier molecular flexibility index (Phi) is 6.69. The second-order valence-electron chi connectivity index (χ2n) is 5.23. The Morgan fingerprint density at radius 1 is 1.00 bits per heavy atom. The molecule has 2 rings (SSSR count). The molecular formula is C18H21ClN2S. The van der Waals surface area contributed by atoms with Crippen molar-refractivity contribution in [3.8, 4) is 0 Å². The lowest BCUT2D eigenvalue weighted by Crippen LogP contribution is -2.27. The number of halogens is 1. The summed E-state index contributed by atoms with van der Waals surface area (Å²) in [7, 11) is 0. The Morgan fingerprint density at radius 2 is 1.64 bits per heavy atom. The molecule has 0 bridgehead atoms. The smallest absolute Gasteiger partial charge is 0.171 e. The number of unbranched alkanes of at least 4 members (excludes halogenated alkanes) is 1. The van der Waals surface area contributed by atoms with Crippen molar-refractivity contribution in [1.29, 1.82) is 0 Å². The zero-order valence-corrected chi connectivity index (χ0v) is 14.3. The van der Waals surface area contributed by atoms with Crippen LogP contribution in [0.2, 0.25) is 5.02 Å². The lowest BCUT2D eigenvalue weighted by atomic mass is 10.1. The fraction of sp³-hybridized carbons (Fsp3) is 0.278. The van der Waals surface area contributed by atoms with Gasteiger partial charge in [0.25, 0.3) is 0 Å². The van der Waals surface area contributed by atoms with Crippen LogP contribution in [-0.2, 0) is 13.0 Å². The Labute approximate surface area is 142 Å². The maximum atomic E-state index is 5.87. The molecular weight excluding hydrogens is 312 g/mol. The van der Waals surface area contributed by atoms with E-state index in [2.05, 4.69) is 41.8 Å². The molecule has 2 nitrogen and oxygen atoms in total. The third kappa shape index (κ3) is 5.66. The van der Waals surface area contributed by atoms with Crippen molar-refractivity contribution in [3.05, 3.63) is 64.7 Å². The van der Waals surface area contributed by atoms with Gasteiger partial charge >= 0.3 is 0 Å². The van der Waals surface area contributed by atoms with E-state index in [1.165, 1.54) is 18.4 Å². The number of aryl methyl sites for hydroxylation is 1. The van der Waals surface area contributed by atoms with E-state index in [4.69, 9.17) is 23.8 Å². The zero-order chi connectivity index (χ0) is 15.8. The molecule has 0 aliphatic rings. The maximum Gasteiger partial charge on any atom is 0.171 e. The van der Waals surface area contributed by atoms with Crippen molar-refractivity contribution < 1.29 is 0 Å². The van der Waals surface area contributed by atoms with Crippen LogP contribution < -0.4 is 10.6 Å². The van der Waals surface area contributed by atoms with Crippen LogP contribution in [0.5, 0.6) is 0 Å². The largest absolute Gasteiger partial charge is 0.358 e. The van der Waals surface area contributed by atoms with Gasteiger partial charge in [0.05, 0.1) is 0 Å². The molecule has 0 spiro atoms. The van der Waals surface area contributed by atoms with Crippen LogP contribution in [0.3, 0.4) is 0 Å². The summed E-state index contributed by atoms with van der Waals surface area (Å²) in [5.41, 5.74) is 3.52. The monoisotopic (exact) mass is 332 g/mol. The van der Waals surface area contributed by atoms with Gasteiger partial charge < -0.3 is 10.6 Å². The van der Waals surface area contributed by atoms with Crippen molar-refractivity contribution in [2.45, 2.75) is 32.7 Å². The average Bonchev–Trinajstić information content (AvgIpc) is 2.54. The number of benzene rings is 2. The first-order valence-corrected chi connectivity index (χ1v) is 8.34. The van der Waals surface area contributed by atoms with Crippen LogP contribution in [0.4, 0.5) is 5.69 Å². The van der Waals surface area contributed by atoms with Crippen molar-refractivity contribution in [3.63, 3.8) is 0 Å². The summed E-state index contributed by atoms with van der Waals surface area (Å²) in [6.45, 7) is 2.89. The third-order valence-electron chi connectivity index (χ3n) is 3.40. The number of rotatable bonds is 6. The lowest BCUT2D eigenvalue weighted by molar-refractivity contribution is 0.795. The van der Waals surface area contributed by atoms with E-state index in [0.29, 0.717) is 11.7 Å². The van der Waals surface area contributed by atoms with Gasteiger partial charge in [-0.25, -0.2) is 0 Å². The minimum absolute atomic E-state index is 0.622. The first kappa shape index (κ1) is 16.8. The number of thiocarbonyl (C=S) groups is 1. The van der Waals surface area contributed by atoms with Crippen LogP contribution in [0.25, 0.3) is 0 Å². The number of hydrogen-bond donors (Lipinski definition) is 2. The van der Waals surface area contributed by atoms with Gasteiger partial charge in [0.15, 0.2) is 5.11 Å². The Bertz CT molecular complexity index is 593. The van der Waals surface area contributed by atoms with Crippen LogP contribution in [0.15, 0.2) is 48.5 Å². The molecule has 0 fully saturated rings. The normalized spacial score (nSPS) is 10.3. The van der Waals surface area contributed by atoms with E-state index in [-0.39, 0.29) is 0 Å². The van der Waals surface area contributed by atoms with Gasteiger partial charge in [-0.15, -0.1) is 0 Å². The molecule has 0 unspecified atom stereocenters. The van der Waals surface area contributed by atoms with Crippen molar-refractivity contribution in [2.75, 3.05) is 5.32 Å². The van der Waals surface area contributed by atoms with Gasteiger partial charge in [0.1, 0.15) is 0 Å². The lowest BCUT2D eigenvalue weighted by Gasteiger charge is -2.11. The number of anilines is 1. The van der Waals surface area contributed by atoms with Gasteiger partial charge in [-0.05, 0) is 60.5 Å². The van der Waals surface area contributed by atoms with Gasteiger partial charge in [-0.1, -0.05) is 49.2 Å². The highest BCUT2D eigenvalue weighted by Gasteiger charge is 1.99. The van der Waals surface area contributed by atoms with Crippen LogP contribution >= 0.6 is 23.8 Å². The minimum Gasteiger partial charge on any atom is -0.358 e. The minimum atomic E-state index is 0.622. The molecule has 0 saturated carbocycles. The van der Waals surface area contributed by atoms with Gasteiger partial charge in [-0.2, -0.15) is 0 Å². The first-order chi connectivity index (χ1) is 10.7. The van der Waals surface area contributed by atoms with Gasteiger partial charge in [-0.3, -0.25) is 0 Å². The summed E-state index contributed by atoms with van der Waals surface area (Å²) in [6.07, 6.45) is 3.59. The standard InChI is InChI=1S/C18H21ClN2S/c1-2-3-4-14-7-11-17(12-8-14)21-18(22)20-13-15-5-9-16(19)10-6-15/h5-12H,2-4,13H2,1H3,(H2,20,21,22). The second-order valence-corrected chi connectivity index (χ2v) is 6.08. The quantitative estimate of drug-likeness (QED) is 0.714. The van der Waals surface area contributed by atoms with E-state index >= 15 is 0 Å². The molecule has 2 aromatic carbocycles. The highest BCUT2D eigenvalue weighted by atomic mass is 35.5. The van der Waals surface area contributed by atoms with Crippen LogP contribution in [-0.4, -0.2) is 5.11 Å². The summed E-state index contributed by atoms with van der Waals surface area (Å²) in [6, 6.07) is 16.2. The summed E-state index contributed by atoms with van der Waals surface area (Å²) in [4.78, 5) is 0. The van der Waals surface area contributed by atoms with Crippen LogP contribution in [0, 0.1) is 0 Å². The van der Waals surface area contributed by atoms with E-state index < -0.39 is 0 Å². The first-order valence-electron chi connectivity index (χ1n) is 7.55. The molecule has 0 atom stereocenters. The predicted molar refractivity (Wildman–Crippen MR) is 99.6 cm³/mol. The molecule has 0 aliphatic heterocycles. The molecule has 2 N–H and O–H groups in total. The number of hydrogen-bond acceptors (Lipinski definition) is 1. The molecule has 0 saturated heterocycles. The topological polar surface area (TPSA) is 24.1 Å². The molecule has 2 aromatic rings. The molecule has 0 aliphatic carbocycles. The fourth-order valence-electron chi connectivity index (χ4n) is 2.10. The molecule has 22 heavy (non-hydrogen) atoms. The fourth-order valence-corrected chi connectivity index (χ4v) is 2.41. The average molecular weight is 333 g/mol. The zero-order valence-electron chi connectivity index (χ0n) is 12.7. The summed E-state index contributed by atoms with van der Waals surface area (Å²) in [5.74, 6) is 0. The maximum absolute atomic E-state index is 5.87. The van der Waals surface area contributed by atoms with Gasteiger partial charge in [0.2, 0.25) is 0 Å². The van der Waals surface area contributed by atoms with Gasteiger partial charge in [0, 0.05) is 17.3 Å². The summed E-state index contributed by atoms with van der Waals surface area (Å²) < 4.78 is 0. The Balaban J connectivity index is 1.80. The van der Waals surface area contributed by atoms with Crippen molar-refractivity contribution in [1.82, 2.24) is 5.32 Å². The SMILES string of the molecule is CCCCc1ccc(NC(=S)NCc2ccc(Cl)cc2)cc1. The summed E-state index contributed by atoms with van der Waals surface area (Å²) in [5, 5.41) is 7.76. The predicted octanol–water partition coefficient (Wildman–Crippen LogP) is 5.17. The molecule has 116 valence electrons. The second kappa shape index (κ2) is 8.76.